The third kappa shape index (κ3) is 5.56. The molecule has 1 unspecified atom stereocenters. The first-order valence-corrected chi connectivity index (χ1v) is 10.7. The van der Waals surface area contributed by atoms with Gasteiger partial charge in [0.1, 0.15) is 5.82 Å². The Hall–Kier alpha value is -2.48. The van der Waals surface area contributed by atoms with Crippen molar-refractivity contribution in [2.45, 2.75) is 26.1 Å². The van der Waals surface area contributed by atoms with Crippen LogP contribution < -0.4 is 10.2 Å². The molecular weight excluding hydrogens is 380 g/mol. The smallest absolute Gasteiger partial charge is 0.251 e. The zero-order valence-electron chi connectivity index (χ0n) is 17.5. The maximum absolute atomic E-state index is 12.6. The van der Waals surface area contributed by atoms with E-state index in [0.29, 0.717) is 12.1 Å². The van der Waals surface area contributed by atoms with Crippen LogP contribution in [0.4, 0.5) is 5.82 Å². The van der Waals surface area contributed by atoms with Crippen LogP contribution in [0.15, 0.2) is 42.6 Å². The summed E-state index contributed by atoms with van der Waals surface area (Å²) in [5.74, 6) is 0.890. The van der Waals surface area contributed by atoms with Gasteiger partial charge in [-0.05, 0) is 36.2 Å². The number of carbonyl (C=O) groups is 1. The summed E-state index contributed by atoms with van der Waals surface area (Å²) in [4.78, 5) is 21.8. The minimum absolute atomic E-state index is 0.0649. The summed E-state index contributed by atoms with van der Waals surface area (Å²) in [5, 5.41) is 3.01. The second-order valence-corrected chi connectivity index (χ2v) is 7.92. The normalized spacial score (nSPS) is 20.2. The monoisotopic (exact) mass is 410 g/mol. The molecule has 2 aliphatic rings. The van der Waals surface area contributed by atoms with E-state index >= 15 is 0 Å². The Bertz CT molecular complexity index is 837. The van der Waals surface area contributed by atoms with Gasteiger partial charge >= 0.3 is 0 Å². The van der Waals surface area contributed by atoms with Gasteiger partial charge in [0.2, 0.25) is 0 Å². The Balaban J connectivity index is 1.30. The van der Waals surface area contributed by atoms with E-state index in [0.717, 1.165) is 69.5 Å². The van der Waals surface area contributed by atoms with Gasteiger partial charge in [-0.15, -0.1) is 0 Å². The quantitative estimate of drug-likeness (QED) is 0.787. The predicted molar refractivity (Wildman–Crippen MR) is 116 cm³/mol. The third-order valence-electron chi connectivity index (χ3n) is 5.53. The van der Waals surface area contributed by atoms with Gasteiger partial charge in [-0.3, -0.25) is 9.69 Å². The lowest BCUT2D eigenvalue weighted by molar-refractivity contribution is 0.0342. The highest BCUT2D eigenvalue weighted by atomic mass is 16.5. The largest absolute Gasteiger partial charge is 0.379 e. The Morgan fingerprint density at radius 2 is 2.00 bits per heavy atom. The Kier molecular flexibility index (Phi) is 6.94. The molecule has 30 heavy (non-hydrogen) atoms. The second-order valence-electron chi connectivity index (χ2n) is 7.92. The molecule has 2 aromatic rings. The molecule has 2 aliphatic heterocycles. The van der Waals surface area contributed by atoms with Crippen molar-refractivity contribution in [1.29, 1.82) is 0 Å². The highest BCUT2D eigenvalue weighted by Crippen LogP contribution is 2.16. The second kappa shape index (κ2) is 10.0. The van der Waals surface area contributed by atoms with Crippen LogP contribution in [-0.4, -0.2) is 67.9 Å². The van der Waals surface area contributed by atoms with Gasteiger partial charge < -0.3 is 19.7 Å². The summed E-state index contributed by atoms with van der Waals surface area (Å²) in [5.41, 5.74) is 2.82. The van der Waals surface area contributed by atoms with E-state index in [2.05, 4.69) is 33.1 Å². The van der Waals surface area contributed by atoms with Gasteiger partial charge in [0, 0.05) is 51.0 Å². The summed E-state index contributed by atoms with van der Waals surface area (Å²) in [6.45, 7) is 9.23. The molecule has 0 bridgehead atoms. The Morgan fingerprint density at radius 1 is 1.13 bits per heavy atom. The van der Waals surface area contributed by atoms with Crippen LogP contribution in [0.2, 0.25) is 0 Å². The third-order valence-corrected chi connectivity index (χ3v) is 5.53. The van der Waals surface area contributed by atoms with Crippen molar-refractivity contribution in [3.8, 4) is 0 Å². The SMILES string of the molecule is CC1CN(c2ccc(CNC(=O)c3cccc(CN4CCOCC4)c3)cn2)CCO1. The molecular formula is C23H30N4O3. The minimum Gasteiger partial charge on any atom is -0.379 e. The highest BCUT2D eigenvalue weighted by molar-refractivity contribution is 5.94. The molecule has 1 aromatic heterocycles. The van der Waals surface area contributed by atoms with E-state index in [1.807, 2.05) is 36.5 Å². The van der Waals surface area contributed by atoms with E-state index in [9.17, 15) is 4.79 Å². The molecule has 0 radical (unpaired) electrons. The fourth-order valence-corrected chi connectivity index (χ4v) is 3.85. The lowest BCUT2D eigenvalue weighted by atomic mass is 10.1. The number of hydrogen-bond donors (Lipinski definition) is 1. The molecule has 1 aromatic carbocycles. The molecule has 160 valence electrons. The molecule has 7 heteroatoms. The van der Waals surface area contributed by atoms with Crippen LogP contribution in [0, 0.1) is 0 Å². The van der Waals surface area contributed by atoms with Crippen LogP contribution in [0.1, 0.15) is 28.4 Å². The Labute approximate surface area is 178 Å². The van der Waals surface area contributed by atoms with Crippen LogP contribution in [-0.2, 0) is 22.6 Å². The van der Waals surface area contributed by atoms with E-state index < -0.39 is 0 Å². The van der Waals surface area contributed by atoms with Gasteiger partial charge in [0.25, 0.3) is 5.91 Å². The van der Waals surface area contributed by atoms with Crippen molar-refractivity contribution in [2.75, 3.05) is 50.9 Å². The van der Waals surface area contributed by atoms with Crippen LogP contribution in [0.3, 0.4) is 0 Å². The zero-order valence-corrected chi connectivity index (χ0v) is 17.5. The number of rotatable bonds is 6. The van der Waals surface area contributed by atoms with E-state index in [4.69, 9.17) is 9.47 Å². The molecule has 2 fully saturated rings. The molecule has 0 saturated carbocycles. The predicted octanol–water partition coefficient (Wildman–Crippen LogP) is 2.07. The molecule has 1 N–H and O–H groups in total. The summed E-state index contributed by atoms with van der Waals surface area (Å²) in [7, 11) is 0. The first-order valence-electron chi connectivity index (χ1n) is 10.7. The number of aromatic nitrogens is 1. The van der Waals surface area contributed by atoms with E-state index in [-0.39, 0.29) is 12.0 Å². The average Bonchev–Trinajstić information content (AvgIpc) is 2.79. The van der Waals surface area contributed by atoms with Crippen molar-refractivity contribution in [3.05, 3.63) is 59.3 Å². The first kappa shape index (κ1) is 20.8. The molecule has 7 nitrogen and oxygen atoms in total. The van der Waals surface area contributed by atoms with Crippen molar-refractivity contribution < 1.29 is 14.3 Å². The number of nitrogens with one attached hydrogen (secondary N) is 1. The number of anilines is 1. The van der Waals surface area contributed by atoms with Gasteiger partial charge in [0.05, 0.1) is 25.9 Å². The highest BCUT2D eigenvalue weighted by Gasteiger charge is 2.18. The van der Waals surface area contributed by atoms with Gasteiger partial charge in [-0.25, -0.2) is 4.98 Å². The molecule has 4 rings (SSSR count). The number of hydrogen-bond acceptors (Lipinski definition) is 6. The summed E-state index contributed by atoms with van der Waals surface area (Å²) in [6, 6.07) is 11.9. The maximum atomic E-state index is 12.6. The molecule has 1 amide bonds. The Morgan fingerprint density at radius 3 is 2.77 bits per heavy atom. The fraction of sp³-hybridized carbons (Fsp3) is 0.478. The zero-order chi connectivity index (χ0) is 20.8. The number of ether oxygens (including phenoxy) is 2. The lowest BCUT2D eigenvalue weighted by Gasteiger charge is -2.32. The minimum atomic E-state index is -0.0649. The number of morpholine rings is 2. The topological polar surface area (TPSA) is 66.9 Å². The number of pyridine rings is 1. The number of amides is 1. The van der Waals surface area contributed by atoms with Crippen molar-refractivity contribution in [3.63, 3.8) is 0 Å². The van der Waals surface area contributed by atoms with Gasteiger partial charge in [0.15, 0.2) is 0 Å². The van der Waals surface area contributed by atoms with E-state index in [1.165, 1.54) is 0 Å². The van der Waals surface area contributed by atoms with Gasteiger partial charge in [-0.1, -0.05) is 18.2 Å². The summed E-state index contributed by atoms with van der Waals surface area (Å²) < 4.78 is 11.0. The maximum Gasteiger partial charge on any atom is 0.251 e. The number of benzene rings is 1. The fourth-order valence-electron chi connectivity index (χ4n) is 3.85. The van der Waals surface area contributed by atoms with Crippen LogP contribution >= 0.6 is 0 Å². The standard InChI is InChI=1S/C23H30N4O3/c1-18-16-27(9-12-30-18)22-6-5-20(14-24-22)15-25-23(28)21-4-2-3-19(13-21)17-26-7-10-29-11-8-26/h2-6,13-14,18H,7-12,15-17H2,1H3,(H,25,28). The molecule has 2 saturated heterocycles. The van der Waals surface area contributed by atoms with E-state index in [1.54, 1.807) is 0 Å². The molecule has 0 spiro atoms. The van der Waals surface area contributed by atoms with Crippen LogP contribution in [0.5, 0.6) is 0 Å². The lowest BCUT2D eigenvalue weighted by Crippen LogP contribution is -2.41. The molecule has 0 aliphatic carbocycles. The first-order chi connectivity index (χ1) is 14.7. The van der Waals surface area contributed by atoms with Crippen molar-refractivity contribution in [1.82, 2.24) is 15.2 Å². The molecule has 3 heterocycles. The average molecular weight is 411 g/mol. The number of nitrogens with zero attached hydrogens (tertiary/aromatic N) is 3. The number of carbonyl (C=O) groups excluding carboxylic acids is 1. The van der Waals surface area contributed by atoms with Crippen LogP contribution in [0.25, 0.3) is 0 Å². The van der Waals surface area contributed by atoms with Gasteiger partial charge in [-0.2, -0.15) is 0 Å². The summed E-state index contributed by atoms with van der Waals surface area (Å²) >= 11 is 0. The van der Waals surface area contributed by atoms with Crippen molar-refractivity contribution >= 4 is 11.7 Å². The molecule has 1 atom stereocenters. The summed E-state index contributed by atoms with van der Waals surface area (Å²) in [6.07, 6.45) is 2.06. The van der Waals surface area contributed by atoms with Crippen molar-refractivity contribution in [2.24, 2.45) is 0 Å².